The number of rotatable bonds is 3. The number of esters is 1. The number of aliphatic hydroxyl groups excluding tert-OH is 3. The Bertz CT molecular complexity index is 1170. The van der Waals surface area contributed by atoms with Crippen molar-refractivity contribution in [2.45, 2.75) is 51.5 Å². The molecule has 0 unspecified atom stereocenters. The van der Waals surface area contributed by atoms with Gasteiger partial charge in [-0.1, -0.05) is 0 Å². The normalized spacial score (nSPS) is 26.4. The van der Waals surface area contributed by atoms with Gasteiger partial charge in [0.15, 0.2) is 11.6 Å². The molecule has 0 spiro atoms. The van der Waals surface area contributed by atoms with E-state index in [1.54, 1.807) is 0 Å². The number of phenolic OH excluding ortho intramolecular Hbond substituents is 1. The monoisotopic (exact) mass is 458 g/mol. The van der Waals surface area contributed by atoms with Crippen LogP contribution in [0, 0.1) is 6.92 Å². The van der Waals surface area contributed by atoms with Gasteiger partial charge in [0.05, 0.1) is 11.7 Å². The summed E-state index contributed by atoms with van der Waals surface area (Å²) in [6.07, 6.45) is -6.76. The van der Waals surface area contributed by atoms with Gasteiger partial charge in [-0.2, -0.15) is 0 Å². The Balaban J connectivity index is 1.74. The summed E-state index contributed by atoms with van der Waals surface area (Å²) in [5.41, 5.74) is -0.208. The fourth-order valence-electron chi connectivity index (χ4n) is 3.93. The summed E-state index contributed by atoms with van der Waals surface area (Å²) in [6.45, 7) is 4.13. The zero-order valence-corrected chi connectivity index (χ0v) is 17.9. The Morgan fingerprint density at radius 2 is 1.67 bits per heavy atom. The van der Waals surface area contributed by atoms with E-state index in [1.807, 2.05) is 0 Å². The largest absolute Gasteiger partial charge is 0.507 e. The first-order valence-corrected chi connectivity index (χ1v) is 10.2. The van der Waals surface area contributed by atoms with Crippen LogP contribution >= 0.6 is 0 Å². The third kappa shape index (κ3) is 3.76. The minimum atomic E-state index is -1.61. The number of aromatic hydroxyl groups is 1. The quantitative estimate of drug-likeness (QED) is 0.323. The van der Waals surface area contributed by atoms with E-state index in [1.165, 1.54) is 45.0 Å². The van der Waals surface area contributed by atoms with Gasteiger partial charge in [-0.3, -0.25) is 14.4 Å². The third-order valence-corrected chi connectivity index (χ3v) is 5.77. The standard InChI is InChI=1S/C23H22O10/c1-8-15(33-23-22(30)21(29)18(26)9(2)31-23)7-14-16(17(8)25)20(28)12-5-4-11(32-10(3)24)6-13(12)19(14)27/h4-7,9,18,21-23,25-26,29-30H,1-3H3/t9-,18-,21+,22+,23-/m0/s1. The number of benzene rings is 2. The van der Waals surface area contributed by atoms with Crippen LogP contribution < -0.4 is 9.47 Å². The van der Waals surface area contributed by atoms with Crippen LogP contribution in [0.2, 0.25) is 0 Å². The molecule has 1 aliphatic heterocycles. The number of carbonyl (C=O) groups excluding carboxylic acids is 3. The van der Waals surface area contributed by atoms with Crippen LogP contribution in [0.5, 0.6) is 17.2 Å². The molecule has 1 fully saturated rings. The van der Waals surface area contributed by atoms with Crippen LogP contribution in [0.3, 0.4) is 0 Å². The van der Waals surface area contributed by atoms with Gasteiger partial charge < -0.3 is 34.6 Å². The van der Waals surface area contributed by atoms with Crippen LogP contribution in [0.25, 0.3) is 0 Å². The van der Waals surface area contributed by atoms with E-state index in [9.17, 15) is 34.8 Å². The van der Waals surface area contributed by atoms with Crippen molar-refractivity contribution in [3.05, 3.63) is 52.1 Å². The number of fused-ring (bicyclic) bond motifs is 2. The van der Waals surface area contributed by atoms with Crippen molar-refractivity contribution in [2.75, 3.05) is 0 Å². The van der Waals surface area contributed by atoms with Crippen molar-refractivity contribution in [3.63, 3.8) is 0 Å². The summed E-state index contributed by atoms with van der Waals surface area (Å²) in [5.74, 6) is -2.26. The lowest BCUT2D eigenvalue weighted by molar-refractivity contribution is -0.268. The zero-order valence-electron chi connectivity index (χ0n) is 17.9. The highest BCUT2D eigenvalue weighted by molar-refractivity contribution is 6.29. The van der Waals surface area contributed by atoms with Crippen LogP contribution in [0.4, 0.5) is 0 Å². The van der Waals surface area contributed by atoms with E-state index < -0.39 is 54.0 Å². The number of ketones is 2. The van der Waals surface area contributed by atoms with Gasteiger partial charge in [-0.15, -0.1) is 0 Å². The molecular weight excluding hydrogens is 436 g/mol. The number of carbonyl (C=O) groups is 3. The molecule has 174 valence electrons. The molecule has 2 aromatic carbocycles. The maximum atomic E-state index is 13.2. The van der Waals surface area contributed by atoms with E-state index in [0.717, 1.165) is 0 Å². The van der Waals surface area contributed by atoms with E-state index in [0.29, 0.717) is 0 Å². The smallest absolute Gasteiger partial charge is 0.308 e. The van der Waals surface area contributed by atoms with Gasteiger partial charge in [0, 0.05) is 29.2 Å². The van der Waals surface area contributed by atoms with Gasteiger partial charge in [0.2, 0.25) is 6.29 Å². The molecule has 4 rings (SSSR count). The molecule has 33 heavy (non-hydrogen) atoms. The SMILES string of the molecule is CC(=O)Oc1ccc2c(c1)C(=O)c1cc(O[C@@H]3O[C@@H](C)[C@H](O)[C@@H](O)[C@H]3O)c(C)c(O)c1C2=O. The molecule has 0 aromatic heterocycles. The molecule has 1 aliphatic carbocycles. The summed E-state index contributed by atoms with van der Waals surface area (Å²) in [4.78, 5) is 37.5. The zero-order chi connectivity index (χ0) is 24.2. The molecular formula is C23H22O10. The molecule has 0 saturated carbocycles. The number of hydrogen-bond acceptors (Lipinski definition) is 10. The number of aliphatic hydroxyl groups is 3. The lowest BCUT2D eigenvalue weighted by atomic mass is 9.82. The van der Waals surface area contributed by atoms with Crippen molar-refractivity contribution >= 4 is 17.5 Å². The first-order valence-electron chi connectivity index (χ1n) is 10.2. The second kappa shape index (κ2) is 8.23. The summed E-state index contributed by atoms with van der Waals surface area (Å²) >= 11 is 0. The van der Waals surface area contributed by atoms with Crippen LogP contribution in [0.15, 0.2) is 24.3 Å². The Kier molecular flexibility index (Phi) is 5.71. The Morgan fingerprint density at radius 1 is 0.970 bits per heavy atom. The van der Waals surface area contributed by atoms with Gasteiger partial charge in [0.1, 0.15) is 35.6 Å². The molecule has 4 N–H and O–H groups in total. The van der Waals surface area contributed by atoms with Crippen LogP contribution in [-0.4, -0.2) is 68.7 Å². The highest BCUT2D eigenvalue weighted by atomic mass is 16.7. The maximum Gasteiger partial charge on any atom is 0.308 e. The van der Waals surface area contributed by atoms with Crippen LogP contribution in [-0.2, 0) is 9.53 Å². The predicted octanol–water partition coefficient (Wildman–Crippen LogP) is 0.608. The third-order valence-electron chi connectivity index (χ3n) is 5.77. The van der Waals surface area contributed by atoms with Crippen LogP contribution in [0.1, 0.15) is 51.3 Å². The van der Waals surface area contributed by atoms with Crippen molar-refractivity contribution in [3.8, 4) is 17.2 Å². The summed E-state index contributed by atoms with van der Waals surface area (Å²) < 4.78 is 16.1. The minimum absolute atomic E-state index is 0.0124. The van der Waals surface area contributed by atoms with Crippen molar-refractivity contribution in [1.82, 2.24) is 0 Å². The summed E-state index contributed by atoms with van der Waals surface area (Å²) in [7, 11) is 0. The highest BCUT2D eigenvalue weighted by Gasteiger charge is 2.44. The molecule has 10 nitrogen and oxygen atoms in total. The van der Waals surface area contributed by atoms with Crippen molar-refractivity contribution < 1.29 is 49.0 Å². The lowest BCUT2D eigenvalue weighted by Crippen LogP contribution is -2.58. The molecule has 10 heteroatoms. The molecule has 0 radical (unpaired) electrons. The average molecular weight is 458 g/mol. The summed E-state index contributed by atoms with van der Waals surface area (Å²) in [6, 6.07) is 5.23. The molecule has 1 saturated heterocycles. The molecule has 2 aromatic rings. The lowest BCUT2D eigenvalue weighted by Gasteiger charge is -2.39. The van der Waals surface area contributed by atoms with E-state index >= 15 is 0 Å². The van der Waals surface area contributed by atoms with E-state index in [4.69, 9.17) is 14.2 Å². The fourth-order valence-corrected chi connectivity index (χ4v) is 3.93. The topological polar surface area (TPSA) is 160 Å². The van der Waals surface area contributed by atoms with Gasteiger partial charge >= 0.3 is 5.97 Å². The predicted molar refractivity (Wildman–Crippen MR) is 110 cm³/mol. The van der Waals surface area contributed by atoms with Gasteiger partial charge in [0.25, 0.3) is 0 Å². The second-order valence-electron chi connectivity index (χ2n) is 8.03. The minimum Gasteiger partial charge on any atom is -0.507 e. The first-order chi connectivity index (χ1) is 15.5. The van der Waals surface area contributed by atoms with Gasteiger partial charge in [-0.05, 0) is 38.1 Å². The molecule has 0 amide bonds. The van der Waals surface area contributed by atoms with Crippen molar-refractivity contribution in [2.24, 2.45) is 0 Å². The number of phenols is 1. The van der Waals surface area contributed by atoms with Gasteiger partial charge in [-0.25, -0.2) is 0 Å². The maximum absolute atomic E-state index is 13.2. The number of ether oxygens (including phenoxy) is 3. The number of hydrogen-bond donors (Lipinski definition) is 4. The Morgan fingerprint density at radius 3 is 2.33 bits per heavy atom. The fraction of sp³-hybridized carbons (Fsp3) is 0.348. The Labute approximate surface area is 187 Å². The molecule has 1 heterocycles. The van der Waals surface area contributed by atoms with E-state index in [2.05, 4.69) is 0 Å². The van der Waals surface area contributed by atoms with E-state index in [-0.39, 0.29) is 39.3 Å². The second-order valence-corrected chi connectivity index (χ2v) is 8.03. The average Bonchev–Trinajstić information content (AvgIpc) is 2.76. The molecule has 2 aliphatic rings. The van der Waals surface area contributed by atoms with Crippen molar-refractivity contribution in [1.29, 1.82) is 0 Å². The summed E-state index contributed by atoms with van der Waals surface area (Å²) in [5, 5.41) is 40.8. The highest BCUT2D eigenvalue weighted by Crippen LogP contribution is 2.41. The molecule has 5 atom stereocenters. The Hall–Kier alpha value is -3.31. The molecule has 0 bridgehead atoms. The first kappa shape index (κ1) is 22.9.